The van der Waals surface area contributed by atoms with Gasteiger partial charge in [0, 0.05) is 22.1 Å². The van der Waals surface area contributed by atoms with Crippen molar-refractivity contribution in [1.29, 1.82) is 0 Å². The van der Waals surface area contributed by atoms with Gasteiger partial charge in [-0.25, -0.2) is 0 Å². The number of carbonyl (C=O) groups excluding carboxylic acids is 1. The van der Waals surface area contributed by atoms with Crippen LogP contribution in [0.5, 0.6) is 0 Å². The number of rotatable bonds is 6. The van der Waals surface area contributed by atoms with E-state index in [-0.39, 0.29) is 11.8 Å². The summed E-state index contributed by atoms with van der Waals surface area (Å²) in [4.78, 5) is 12.6. The second-order valence-electron chi connectivity index (χ2n) is 5.71. The van der Waals surface area contributed by atoms with E-state index in [0.717, 1.165) is 15.9 Å². The maximum absolute atomic E-state index is 12.6. The molecule has 0 saturated carbocycles. The van der Waals surface area contributed by atoms with Gasteiger partial charge >= 0.3 is 0 Å². The Morgan fingerprint density at radius 1 is 1.08 bits per heavy atom. The summed E-state index contributed by atoms with van der Waals surface area (Å²) in [6.45, 7) is 2.05. The summed E-state index contributed by atoms with van der Waals surface area (Å²) < 4.78 is 6.48. The Labute approximate surface area is 149 Å². The first-order valence-electron chi connectivity index (χ1n) is 7.77. The second-order valence-corrected chi connectivity index (χ2v) is 6.63. The van der Waals surface area contributed by atoms with Crippen molar-refractivity contribution in [3.63, 3.8) is 0 Å². The predicted molar refractivity (Wildman–Crippen MR) is 99.3 cm³/mol. The number of benzene rings is 2. The molecule has 4 heteroatoms. The van der Waals surface area contributed by atoms with E-state index in [9.17, 15) is 4.79 Å². The SMILES string of the molecule is Cc1ccc(NC(CC(=O)c2ccc(Br)cc2)c2ccco2)cc1. The third kappa shape index (κ3) is 4.15. The van der Waals surface area contributed by atoms with Gasteiger partial charge in [-0.05, 0) is 43.3 Å². The number of hydrogen-bond donors (Lipinski definition) is 1. The van der Waals surface area contributed by atoms with Crippen LogP contribution in [0.15, 0.2) is 75.8 Å². The molecule has 24 heavy (non-hydrogen) atoms. The molecule has 3 rings (SSSR count). The molecular weight excluding hydrogens is 366 g/mol. The number of hydrogen-bond acceptors (Lipinski definition) is 3. The van der Waals surface area contributed by atoms with Crippen molar-refractivity contribution in [3.05, 3.63) is 88.3 Å². The average molecular weight is 384 g/mol. The first-order chi connectivity index (χ1) is 11.6. The summed E-state index contributed by atoms with van der Waals surface area (Å²) in [5.74, 6) is 0.824. The van der Waals surface area contributed by atoms with Crippen LogP contribution in [0.3, 0.4) is 0 Å². The van der Waals surface area contributed by atoms with E-state index in [2.05, 4.69) is 21.2 Å². The van der Waals surface area contributed by atoms with Crippen LogP contribution in [-0.4, -0.2) is 5.78 Å². The van der Waals surface area contributed by atoms with E-state index in [1.165, 1.54) is 5.56 Å². The highest BCUT2D eigenvalue weighted by molar-refractivity contribution is 9.10. The smallest absolute Gasteiger partial charge is 0.165 e. The predicted octanol–water partition coefficient (Wildman–Crippen LogP) is 5.78. The number of nitrogens with one attached hydrogen (secondary N) is 1. The molecule has 0 saturated heterocycles. The first kappa shape index (κ1) is 16.5. The van der Waals surface area contributed by atoms with Crippen LogP contribution in [-0.2, 0) is 0 Å². The van der Waals surface area contributed by atoms with Gasteiger partial charge < -0.3 is 9.73 Å². The lowest BCUT2D eigenvalue weighted by Gasteiger charge is -2.17. The fourth-order valence-electron chi connectivity index (χ4n) is 2.50. The van der Waals surface area contributed by atoms with Crippen molar-refractivity contribution < 1.29 is 9.21 Å². The summed E-state index contributed by atoms with van der Waals surface area (Å²) in [6.07, 6.45) is 1.95. The number of halogens is 1. The van der Waals surface area contributed by atoms with E-state index in [4.69, 9.17) is 4.42 Å². The Morgan fingerprint density at radius 2 is 1.79 bits per heavy atom. The molecule has 122 valence electrons. The Hall–Kier alpha value is -2.33. The Bertz CT molecular complexity index is 793. The largest absolute Gasteiger partial charge is 0.467 e. The maximum atomic E-state index is 12.6. The third-order valence-corrected chi connectivity index (χ3v) is 4.36. The van der Waals surface area contributed by atoms with Gasteiger partial charge in [-0.1, -0.05) is 45.8 Å². The minimum Gasteiger partial charge on any atom is -0.467 e. The van der Waals surface area contributed by atoms with Crippen LogP contribution >= 0.6 is 15.9 Å². The van der Waals surface area contributed by atoms with Gasteiger partial charge in [-0.2, -0.15) is 0 Å². The summed E-state index contributed by atoms with van der Waals surface area (Å²) >= 11 is 3.39. The third-order valence-electron chi connectivity index (χ3n) is 3.83. The van der Waals surface area contributed by atoms with Crippen molar-refractivity contribution in [2.24, 2.45) is 0 Å². The molecular formula is C20H18BrNO2. The van der Waals surface area contributed by atoms with Gasteiger partial charge in [0.05, 0.1) is 12.3 Å². The van der Waals surface area contributed by atoms with Crippen molar-refractivity contribution in [3.8, 4) is 0 Å². The maximum Gasteiger partial charge on any atom is 0.165 e. The van der Waals surface area contributed by atoms with Crippen molar-refractivity contribution in [2.45, 2.75) is 19.4 Å². The Morgan fingerprint density at radius 3 is 2.42 bits per heavy atom. The van der Waals surface area contributed by atoms with Crippen LogP contribution in [0.1, 0.15) is 34.1 Å². The summed E-state index contributed by atoms with van der Waals surface area (Å²) in [6, 6.07) is 19.0. The lowest BCUT2D eigenvalue weighted by molar-refractivity contribution is 0.0973. The quantitative estimate of drug-likeness (QED) is 0.548. The van der Waals surface area contributed by atoms with Crippen LogP contribution in [0.4, 0.5) is 5.69 Å². The molecule has 2 aromatic carbocycles. The fraction of sp³-hybridized carbons (Fsp3) is 0.150. The molecule has 0 aliphatic rings. The Balaban J connectivity index is 1.79. The molecule has 0 aliphatic heterocycles. The van der Waals surface area contributed by atoms with E-state index < -0.39 is 0 Å². The molecule has 3 nitrogen and oxygen atoms in total. The average Bonchev–Trinajstić information content (AvgIpc) is 3.11. The zero-order valence-electron chi connectivity index (χ0n) is 13.3. The number of Topliss-reactive ketones (excluding diaryl/α,β-unsaturated/α-hetero) is 1. The molecule has 3 aromatic rings. The Kier molecular flexibility index (Phi) is 5.16. The minimum absolute atomic E-state index is 0.0727. The van der Waals surface area contributed by atoms with E-state index in [1.54, 1.807) is 6.26 Å². The fourth-order valence-corrected chi connectivity index (χ4v) is 2.77. The van der Waals surface area contributed by atoms with Crippen LogP contribution < -0.4 is 5.32 Å². The molecule has 1 unspecified atom stereocenters. The zero-order chi connectivity index (χ0) is 16.9. The number of aryl methyl sites for hydroxylation is 1. The lowest BCUT2D eigenvalue weighted by Crippen LogP contribution is -2.15. The molecule has 0 spiro atoms. The topological polar surface area (TPSA) is 42.2 Å². The highest BCUT2D eigenvalue weighted by atomic mass is 79.9. The molecule has 1 aromatic heterocycles. The molecule has 0 aliphatic carbocycles. The summed E-state index contributed by atoms with van der Waals surface area (Å²) in [7, 11) is 0. The standard InChI is InChI=1S/C20H18BrNO2/c1-14-4-10-17(11-5-14)22-18(20-3-2-12-24-20)13-19(23)15-6-8-16(21)9-7-15/h2-12,18,22H,13H2,1H3. The van der Waals surface area contributed by atoms with Gasteiger partial charge in [0.2, 0.25) is 0 Å². The van der Waals surface area contributed by atoms with Crippen LogP contribution in [0.25, 0.3) is 0 Å². The van der Waals surface area contributed by atoms with E-state index in [0.29, 0.717) is 12.0 Å². The van der Waals surface area contributed by atoms with Gasteiger partial charge in [0.15, 0.2) is 5.78 Å². The van der Waals surface area contributed by atoms with Gasteiger partial charge in [0.1, 0.15) is 5.76 Å². The zero-order valence-corrected chi connectivity index (χ0v) is 14.9. The van der Waals surface area contributed by atoms with Crippen LogP contribution in [0.2, 0.25) is 0 Å². The van der Waals surface area contributed by atoms with Crippen LogP contribution in [0, 0.1) is 6.92 Å². The molecule has 0 bridgehead atoms. The number of ketones is 1. The number of anilines is 1. The molecule has 1 heterocycles. The molecule has 1 atom stereocenters. The molecule has 0 amide bonds. The normalized spacial score (nSPS) is 11.9. The number of furan rings is 1. The van der Waals surface area contributed by atoms with Gasteiger partial charge in [-0.3, -0.25) is 4.79 Å². The highest BCUT2D eigenvalue weighted by Crippen LogP contribution is 2.25. The monoisotopic (exact) mass is 383 g/mol. The van der Waals surface area contributed by atoms with Crippen molar-refractivity contribution in [1.82, 2.24) is 0 Å². The molecule has 1 N–H and O–H groups in total. The molecule has 0 fully saturated rings. The van der Waals surface area contributed by atoms with Crippen molar-refractivity contribution >= 4 is 27.4 Å². The van der Waals surface area contributed by atoms with Gasteiger partial charge in [-0.15, -0.1) is 0 Å². The van der Waals surface area contributed by atoms with Crippen molar-refractivity contribution in [2.75, 3.05) is 5.32 Å². The van der Waals surface area contributed by atoms with Gasteiger partial charge in [0.25, 0.3) is 0 Å². The number of carbonyl (C=O) groups is 1. The molecule has 0 radical (unpaired) electrons. The second kappa shape index (κ2) is 7.49. The lowest BCUT2D eigenvalue weighted by atomic mass is 10.0. The summed E-state index contributed by atoms with van der Waals surface area (Å²) in [5, 5.41) is 3.40. The first-order valence-corrected chi connectivity index (χ1v) is 8.56. The highest BCUT2D eigenvalue weighted by Gasteiger charge is 2.19. The van der Waals surface area contributed by atoms with E-state index >= 15 is 0 Å². The minimum atomic E-state index is -0.209. The van der Waals surface area contributed by atoms with E-state index in [1.807, 2.05) is 67.6 Å². The summed E-state index contributed by atoms with van der Waals surface area (Å²) in [5.41, 5.74) is 2.85.